The summed E-state index contributed by atoms with van der Waals surface area (Å²) in [6.45, 7) is 3.57. The molecule has 0 atom stereocenters. The Morgan fingerprint density at radius 2 is 2.00 bits per heavy atom. The maximum atomic E-state index is 5.78. The minimum absolute atomic E-state index is 0.768. The Labute approximate surface area is 90.5 Å². The van der Waals surface area contributed by atoms with E-state index in [4.69, 9.17) is 11.6 Å². The molecule has 1 aromatic carbocycles. The van der Waals surface area contributed by atoms with E-state index in [1.807, 2.05) is 19.1 Å². The Morgan fingerprint density at radius 3 is 2.64 bits per heavy atom. The van der Waals surface area contributed by atoms with Gasteiger partial charge < -0.3 is 5.32 Å². The molecule has 0 aromatic heterocycles. The lowest BCUT2D eigenvalue weighted by Crippen LogP contribution is -2.17. The average molecular weight is 208 g/mol. The number of hydrogen-bond donors (Lipinski definition) is 1. The summed E-state index contributed by atoms with van der Waals surface area (Å²) in [6.07, 6.45) is 1.02. The highest BCUT2D eigenvalue weighted by Crippen LogP contribution is 2.09. The highest BCUT2D eigenvalue weighted by Gasteiger charge is 1.92. The van der Waals surface area contributed by atoms with Gasteiger partial charge in [0, 0.05) is 11.6 Å². The minimum Gasteiger partial charge on any atom is -0.306 e. The second kappa shape index (κ2) is 6.48. The van der Waals surface area contributed by atoms with Crippen LogP contribution in [0.4, 0.5) is 0 Å². The smallest absolute Gasteiger partial charge is 0.0576 e. The highest BCUT2D eigenvalue weighted by molar-refractivity contribution is 6.30. The molecule has 0 saturated carbocycles. The standard InChI is InChI=1S/C12H14ClN/c1-2-3-9-14-10-8-11-4-6-12(13)7-5-11/h4-7,14H,8-10H2,1H3. The lowest BCUT2D eigenvalue weighted by molar-refractivity contribution is 0.753. The van der Waals surface area contributed by atoms with Gasteiger partial charge in [-0.2, -0.15) is 0 Å². The molecule has 0 spiro atoms. The van der Waals surface area contributed by atoms with Crippen molar-refractivity contribution in [1.29, 1.82) is 0 Å². The molecular formula is C12H14ClN. The summed E-state index contributed by atoms with van der Waals surface area (Å²) in [5, 5.41) is 4.03. The molecule has 2 heteroatoms. The van der Waals surface area contributed by atoms with Crippen molar-refractivity contribution in [2.45, 2.75) is 13.3 Å². The molecule has 0 fully saturated rings. The molecule has 1 nitrogen and oxygen atoms in total. The van der Waals surface area contributed by atoms with E-state index in [9.17, 15) is 0 Å². The van der Waals surface area contributed by atoms with Gasteiger partial charge in [0.2, 0.25) is 0 Å². The van der Waals surface area contributed by atoms with E-state index in [0.717, 1.165) is 24.5 Å². The fraction of sp³-hybridized carbons (Fsp3) is 0.333. The van der Waals surface area contributed by atoms with Crippen molar-refractivity contribution in [3.05, 3.63) is 34.9 Å². The van der Waals surface area contributed by atoms with Gasteiger partial charge in [0.05, 0.1) is 6.54 Å². The maximum Gasteiger partial charge on any atom is 0.0576 e. The molecule has 0 aliphatic heterocycles. The molecule has 0 saturated heterocycles. The third-order valence-electron chi connectivity index (χ3n) is 1.89. The van der Waals surface area contributed by atoms with Crippen molar-refractivity contribution >= 4 is 11.6 Å². The molecule has 1 N–H and O–H groups in total. The van der Waals surface area contributed by atoms with Crippen molar-refractivity contribution in [2.24, 2.45) is 0 Å². The van der Waals surface area contributed by atoms with Gasteiger partial charge in [0.15, 0.2) is 0 Å². The number of rotatable bonds is 4. The molecular weight excluding hydrogens is 194 g/mol. The summed E-state index contributed by atoms with van der Waals surface area (Å²) >= 11 is 5.78. The Bertz CT molecular complexity index is 318. The summed E-state index contributed by atoms with van der Waals surface area (Å²) < 4.78 is 0. The van der Waals surface area contributed by atoms with Gasteiger partial charge >= 0.3 is 0 Å². The van der Waals surface area contributed by atoms with E-state index in [0.29, 0.717) is 0 Å². The molecule has 0 heterocycles. The van der Waals surface area contributed by atoms with Gasteiger partial charge in [-0.25, -0.2) is 0 Å². The fourth-order valence-electron chi connectivity index (χ4n) is 1.12. The van der Waals surface area contributed by atoms with Gasteiger partial charge in [-0.1, -0.05) is 29.7 Å². The van der Waals surface area contributed by atoms with Crippen LogP contribution in [-0.4, -0.2) is 13.1 Å². The lowest BCUT2D eigenvalue weighted by Gasteiger charge is -2.01. The molecule has 1 aromatic rings. The van der Waals surface area contributed by atoms with Gasteiger partial charge in [-0.15, -0.1) is 5.92 Å². The van der Waals surface area contributed by atoms with Crippen molar-refractivity contribution in [3.63, 3.8) is 0 Å². The van der Waals surface area contributed by atoms with Gasteiger partial charge in [0.25, 0.3) is 0 Å². The first-order valence-electron chi connectivity index (χ1n) is 4.67. The summed E-state index contributed by atoms with van der Waals surface area (Å²) in [4.78, 5) is 0. The van der Waals surface area contributed by atoms with E-state index in [2.05, 4.69) is 29.3 Å². The predicted molar refractivity (Wildman–Crippen MR) is 61.5 cm³/mol. The SMILES string of the molecule is CC#CCNCCc1ccc(Cl)cc1. The van der Waals surface area contributed by atoms with Crippen molar-refractivity contribution < 1.29 is 0 Å². The fourth-order valence-corrected chi connectivity index (χ4v) is 1.25. The molecule has 0 amide bonds. The van der Waals surface area contributed by atoms with Crippen molar-refractivity contribution in [3.8, 4) is 11.8 Å². The summed E-state index contributed by atoms with van der Waals surface area (Å²) in [5.74, 6) is 5.81. The molecule has 74 valence electrons. The maximum absolute atomic E-state index is 5.78. The summed E-state index contributed by atoms with van der Waals surface area (Å²) in [5.41, 5.74) is 1.30. The van der Waals surface area contributed by atoms with Crippen molar-refractivity contribution in [1.82, 2.24) is 5.32 Å². The largest absolute Gasteiger partial charge is 0.306 e. The van der Waals surface area contributed by atoms with Crippen LogP contribution in [-0.2, 0) is 6.42 Å². The summed E-state index contributed by atoms with van der Waals surface area (Å²) in [7, 11) is 0. The number of benzene rings is 1. The van der Waals surface area contributed by atoms with Crippen LogP contribution in [0.5, 0.6) is 0 Å². The minimum atomic E-state index is 0.768. The molecule has 0 bridgehead atoms. The second-order valence-electron chi connectivity index (χ2n) is 2.98. The molecule has 14 heavy (non-hydrogen) atoms. The number of halogens is 1. The van der Waals surface area contributed by atoms with Crippen LogP contribution >= 0.6 is 11.6 Å². The zero-order valence-electron chi connectivity index (χ0n) is 8.31. The Hall–Kier alpha value is -0.970. The second-order valence-corrected chi connectivity index (χ2v) is 3.42. The van der Waals surface area contributed by atoms with Crippen LogP contribution in [0.1, 0.15) is 12.5 Å². The first kappa shape index (κ1) is 11.1. The quantitative estimate of drug-likeness (QED) is 0.591. The Balaban J connectivity index is 2.23. The van der Waals surface area contributed by atoms with E-state index < -0.39 is 0 Å². The Morgan fingerprint density at radius 1 is 1.29 bits per heavy atom. The number of nitrogens with one attached hydrogen (secondary N) is 1. The van der Waals surface area contributed by atoms with Crippen LogP contribution in [0.25, 0.3) is 0 Å². The third-order valence-corrected chi connectivity index (χ3v) is 2.15. The van der Waals surface area contributed by atoms with E-state index in [1.165, 1.54) is 5.56 Å². The molecule has 0 aliphatic carbocycles. The lowest BCUT2D eigenvalue weighted by atomic mass is 10.1. The molecule has 0 aliphatic rings. The van der Waals surface area contributed by atoms with Gasteiger partial charge in [-0.05, 0) is 31.0 Å². The summed E-state index contributed by atoms with van der Waals surface area (Å²) in [6, 6.07) is 7.94. The zero-order valence-corrected chi connectivity index (χ0v) is 9.06. The topological polar surface area (TPSA) is 12.0 Å². The van der Waals surface area contributed by atoms with E-state index in [1.54, 1.807) is 0 Å². The predicted octanol–water partition coefficient (Wildman–Crippen LogP) is 2.50. The van der Waals surface area contributed by atoms with Crippen molar-refractivity contribution in [2.75, 3.05) is 13.1 Å². The molecule has 1 rings (SSSR count). The van der Waals surface area contributed by atoms with E-state index in [-0.39, 0.29) is 0 Å². The average Bonchev–Trinajstić information content (AvgIpc) is 2.21. The van der Waals surface area contributed by atoms with Gasteiger partial charge in [-0.3, -0.25) is 0 Å². The van der Waals surface area contributed by atoms with Crippen LogP contribution in [0.3, 0.4) is 0 Å². The first-order valence-corrected chi connectivity index (χ1v) is 5.05. The highest BCUT2D eigenvalue weighted by atomic mass is 35.5. The molecule has 0 unspecified atom stereocenters. The van der Waals surface area contributed by atoms with Gasteiger partial charge in [0.1, 0.15) is 0 Å². The van der Waals surface area contributed by atoms with Crippen LogP contribution in [0.2, 0.25) is 5.02 Å². The van der Waals surface area contributed by atoms with Crippen LogP contribution in [0, 0.1) is 11.8 Å². The van der Waals surface area contributed by atoms with E-state index >= 15 is 0 Å². The first-order chi connectivity index (χ1) is 6.83. The van der Waals surface area contributed by atoms with Crippen LogP contribution in [0.15, 0.2) is 24.3 Å². The third kappa shape index (κ3) is 4.32. The monoisotopic (exact) mass is 207 g/mol. The number of hydrogen-bond acceptors (Lipinski definition) is 1. The Kier molecular flexibility index (Phi) is 5.14. The molecule has 0 radical (unpaired) electrons. The normalized spacial score (nSPS) is 9.29. The van der Waals surface area contributed by atoms with Crippen LogP contribution < -0.4 is 5.32 Å². The zero-order chi connectivity index (χ0) is 10.2.